The maximum absolute atomic E-state index is 11.5. The number of aryl methyl sites for hydroxylation is 3. The molecule has 3 aliphatic heterocycles. The molecular formula is C30H28N2O4S2. The summed E-state index contributed by atoms with van der Waals surface area (Å²) in [4.78, 5) is 19.0. The van der Waals surface area contributed by atoms with Crippen LogP contribution in [0.1, 0.15) is 51.8 Å². The zero-order valence-electron chi connectivity index (χ0n) is 21.1. The van der Waals surface area contributed by atoms with Gasteiger partial charge in [0, 0.05) is 29.5 Å². The molecule has 0 fully saturated rings. The third-order valence-corrected chi connectivity index (χ3v) is 9.39. The molecule has 1 N–H and O–H groups in total. The van der Waals surface area contributed by atoms with Crippen LogP contribution in [0.5, 0.6) is 0 Å². The van der Waals surface area contributed by atoms with Crippen molar-refractivity contribution < 1.29 is 24.6 Å². The first-order chi connectivity index (χ1) is 18.5. The summed E-state index contributed by atoms with van der Waals surface area (Å²) >= 11 is 3.40. The topological polar surface area (TPSA) is 76.7 Å². The number of benzene rings is 2. The van der Waals surface area contributed by atoms with Gasteiger partial charge in [0.2, 0.25) is 5.52 Å². The van der Waals surface area contributed by atoms with E-state index in [0.29, 0.717) is 5.56 Å². The Morgan fingerprint density at radius 2 is 2.05 bits per heavy atom. The fourth-order valence-corrected chi connectivity index (χ4v) is 7.94. The monoisotopic (exact) mass is 544 g/mol. The van der Waals surface area contributed by atoms with E-state index in [9.17, 15) is 15.2 Å². The highest BCUT2D eigenvalue weighted by Crippen LogP contribution is 2.50. The van der Waals surface area contributed by atoms with Gasteiger partial charge < -0.3 is 20.2 Å². The van der Waals surface area contributed by atoms with Gasteiger partial charge in [-0.2, -0.15) is 4.57 Å². The minimum absolute atomic E-state index is 0.101. The zero-order chi connectivity index (χ0) is 26.2. The number of carbonyl (C=O) groups is 1. The Morgan fingerprint density at radius 3 is 2.89 bits per heavy atom. The van der Waals surface area contributed by atoms with Gasteiger partial charge in [-0.05, 0) is 67.7 Å². The molecule has 194 valence electrons. The first kappa shape index (κ1) is 25.1. The lowest BCUT2D eigenvalue weighted by Crippen LogP contribution is -2.38. The van der Waals surface area contributed by atoms with Crippen molar-refractivity contribution in [1.82, 2.24) is 0 Å². The number of carboxylic acid groups (broad SMARTS) is 1. The highest BCUT2D eigenvalue weighted by Gasteiger charge is 2.31. The first-order valence-corrected chi connectivity index (χ1v) is 14.5. The van der Waals surface area contributed by atoms with E-state index in [4.69, 9.17) is 0 Å². The minimum atomic E-state index is -0.870. The molecule has 4 heterocycles. The molecule has 2 aromatic carbocycles. The van der Waals surface area contributed by atoms with Crippen molar-refractivity contribution in [2.24, 2.45) is 0 Å². The van der Waals surface area contributed by atoms with E-state index < -0.39 is 5.97 Å². The maximum atomic E-state index is 11.5. The van der Waals surface area contributed by atoms with Crippen molar-refractivity contribution >= 4 is 51.0 Å². The second kappa shape index (κ2) is 10.5. The highest BCUT2D eigenvalue weighted by atomic mass is 32.2. The van der Waals surface area contributed by atoms with Crippen molar-refractivity contribution in [3.63, 3.8) is 0 Å². The number of carboxylic acids is 1. The molecule has 3 aromatic rings. The molecule has 0 bridgehead atoms. The van der Waals surface area contributed by atoms with Gasteiger partial charge in [0.25, 0.3) is 5.01 Å². The van der Waals surface area contributed by atoms with Crippen LogP contribution in [-0.2, 0) is 30.9 Å². The highest BCUT2D eigenvalue weighted by molar-refractivity contribution is 8.03. The second-order valence-corrected chi connectivity index (χ2v) is 12.0. The molecule has 38 heavy (non-hydrogen) atoms. The Labute approximate surface area is 229 Å². The predicted octanol–water partition coefficient (Wildman–Crippen LogP) is 5.54. The molecule has 0 unspecified atom stereocenters. The van der Waals surface area contributed by atoms with Crippen molar-refractivity contribution in [1.29, 1.82) is 0 Å². The standard InChI is InChI=1S/C30H28N2O4S2/c1-19(6-2-10-26-31-12-4-8-21-14-20(18-36-35)15-24(37-26)28(21)31)7-3-11-27-32-13-5-9-22-16-23(30(33)34)17-25(38-27)29(22)32/h2-3,6-7,10-11,14-17H,4-5,8-9,12-13,18H2,1H3,(H-,33,34,35). The van der Waals surface area contributed by atoms with E-state index >= 15 is 0 Å². The van der Waals surface area contributed by atoms with Crippen LogP contribution in [0.2, 0.25) is 0 Å². The summed E-state index contributed by atoms with van der Waals surface area (Å²) in [6, 6.07) is 7.81. The maximum Gasteiger partial charge on any atom is 0.335 e. The molecule has 0 aliphatic carbocycles. The summed E-state index contributed by atoms with van der Waals surface area (Å²) in [6.07, 6.45) is 16.7. The smallest absolute Gasteiger partial charge is 0.335 e. The Bertz CT molecular complexity index is 1560. The number of anilines is 1. The molecule has 0 saturated heterocycles. The second-order valence-electron chi connectivity index (χ2n) is 9.84. The third kappa shape index (κ3) is 4.73. The molecule has 3 aliphatic rings. The lowest BCUT2D eigenvalue weighted by molar-refractivity contribution is -0.695. The van der Waals surface area contributed by atoms with Crippen molar-refractivity contribution in [2.45, 2.75) is 50.7 Å². The molecule has 6 rings (SSSR count). The quantitative estimate of drug-likeness (QED) is 0.182. The van der Waals surface area contributed by atoms with E-state index in [-0.39, 0.29) is 6.61 Å². The summed E-state index contributed by atoms with van der Waals surface area (Å²) in [6.45, 7) is 4.15. The van der Waals surface area contributed by atoms with Crippen molar-refractivity contribution in [3.05, 3.63) is 92.5 Å². The molecule has 6 nitrogen and oxygen atoms in total. The summed E-state index contributed by atoms with van der Waals surface area (Å²) in [5, 5.41) is 22.5. The van der Waals surface area contributed by atoms with Gasteiger partial charge in [0.1, 0.15) is 4.70 Å². The van der Waals surface area contributed by atoms with Crippen LogP contribution < -0.4 is 14.7 Å². The van der Waals surface area contributed by atoms with Gasteiger partial charge in [-0.25, -0.2) is 4.79 Å². The normalized spacial score (nSPS) is 17.9. The lowest BCUT2D eigenvalue weighted by atomic mass is 9.99. The number of rotatable bonds is 7. The Hall–Kier alpha value is -3.17. The van der Waals surface area contributed by atoms with Gasteiger partial charge >= 0.3 is 5.97 Å². The van der Waals surface area contributed by atoms with Crippen molar-refractivity contribution in [2.75, 3.05) is 11.4 Å². The van der Waals surface area contributed by atoms with Crippen LogP contribution in [-0.4, -0.2) is 17.6 Å². The summed E-state index contributed by atoms with van der Waals surface area (Å²) in [7, 11) is 0. The largest absolute Gasteiger partial charge is 0.723 e. The van der Waals surface area contributed by atoms with E-state index in [2.05, 4.69) is 69.9 Å². The molecule has 0 saturated carbocycles. The molecule has 0 spiro atoms. The number of hydrogen-bond donors (Lipinski definition) is 1. The molecule has 0 amide bonds. The Balaban J connectivity index is 1.19. The number of thiazole rings is 1. The molecule has 1 aromatic heterocycles. The number of thioether (sulfide) groups is 1. The van der Waals surface area contributed by atoms with E-state index in [1.54, 1.807) is 29.2 Å². The number of nitrogens with zero attached hydrogens (tertiary/aromatic N) is 2. The fraction of sp³-hybridized carbons (Fsp3) is 0.267. The van der Waals surface area contributed by atoms with E-state index in [1.807, 2.05) is 6.07 Å². The van der Waals surface area contributed by atoms with Crippen molar-refractivity contribution in [3.8, 4) is 0 Å². The predicted molar refractivity (Wildman–Crippen MR) is 150 cm³/mol. The first-order valence-electron chi connectivity index (χ1n) is 12.8. The van der Waals surface area contributed by atoms with Gasteiger partial charge in [0.15, 0.2) is 6.54 Å². The van der Waals surface area contributed by atoms with Crippen LogP contribution in [0, 0.1) is 0 Å². The summed E-state index contributed by atoms with van der Waals surface area (Å²) in [5.41, 5.74) is 7.35. The summed E-state index contributed by atoms with van der Waals surface area (Å²) < 4.78 is 3.59. The van der Waals surface area contributed by atoms with E-state index in [1.165, 1.54) is 26.5 Å². The van der Waals surface area contributed by atoms with Crippen LogP contribution in [0.15, 0.2) is 70.1 Å². The van der Waals surface area contributed by atoms with Gasteiger partial charge in [-0.15, -0.1) is 0 Å². The Kier molecular flexibility index (Phi) is 6.97. The number of aromatic nitrogens is 1. The summed E-state index contributed by atoms with van der Waals surface area (Å²) in [5.74, 6) is -0.870. The van der Waals surface area contributed by atoms with Crippen LogP contribution in [0.25, 0.3) is 16.3 Å². The number of aromatic carboxylic acids is 1. The number of allylic oxidation sites excluding steroid dienone is 6. The Morgan fingerprint density at radius 1 is 1.18 bits per heavy atom. The molecule has 8 heteroatoms. The lowest BCUT2D eigenvalue weighted by Gasteiger charge is -2.27. The van der Waals surface area contributed by atoms with Gasteiger partial charge in [-0.1, -0.05) is 53.0 Å². The van der Waals surface area contributed by atoms with Crippen LogP contribution >= 0.6 is 23.1 Å². The molecule has 0 atom stereocenters. The van der Waals surface area contributed by atoms with Gasteiger partial charge in [-0.3, -0.25) is 0 Å². The van der Waals surface area contributed by atoms with Crippen LogP contribution in [0.3, 0.4) is 0 Å². The SMILES string of the molecule is CC(/C=C/C=C1\Sc2cc(C(=O)O)cc3c2N1CCC3)=C\C=C\c1sc2cc(CO[O-])cc3c2[n+]1CCC3. The fourth-order valence-electron chi connectivity index (χ4n) is 5.54. The van der Waals surface area contributed by atoms with Gasteiger partial charge in [0.05, 0.1) is 22.9 Å². The minimum Gasteiger partial charge on any atom is -0.723 e. The average molecular weight is 545 g/mol. The number of hydrogen-bond acceptors (Lipinski definition) is 6. The zero-order valence-corrected chi connectivity index (χ0v) is 22.7. The third-order valence-electron chi connectivity index (χ3n) is 7.19. The van der Waals surface area contributed by atoms with E-state index in [0.717, 1.165) is 65.4 Å². The molecule has 0 radical (unpaired) electrons. The average Bonchev–Trinajstić information content (AvgIpc) is 3.44. The van der Waals surface area contributed by atoms with Crippen LogP contribution in [0.4, 0.5) is 5.69 Å². The molecular weight excluding hydrogens is 516 g/mol.